The largest absolute Gasteiger partial charge is 0.369 e. The van der Waals surface area contributed by atoms with Crippen molar-refractivity contribution < 1.29 is 9.59 Å². The van der Waals surface area contributed by atoms with E-state index in [1.807, 2.05) is 23.3 Å². The molecule has 2 amide bonds. The van der Waals surface area contributed by atoms with Gasteiger partial charge >= 0.3 is 0 Å². The van der Waals surface area contributed by atoms with Crippen LogP contribution >= 0.6 is 11.3 Å². The Morgan fingerprint density at radius 2 is 2.10 bits per heavy atom. The maximum absolute atomic E-state index is 12.7. The fraction of sp³-hybridized carbons (Fsp3) is 0.467. The molecule has 0 aliphatic carbocycles. The summed E-state index contributed by atoms with van der Waals surface area (Å²) in [6, 6.07) is 4.03. The van der Waals surface area contributed by atoms with E-state index in [0.717, 1.165) is 22.5 Å². The molecule has 0 unspecified atom stereocenters. The van der Waals surface area contributed by atoms with Crippen LogP contribution in [0.1, 0.15) is 30.3 Å². The number of nitrogens with zero attached hydrogens (tertiary/aromatic N) is 2. The van der Waals surface area contributed by atoms with Gasteiger partial charge in [-0.15, -0.1) is 11.3 Å². The molecule has 5 nitrogen and oxygen atoms in total. The van der Waals surface area contributed by atoms with Gasteiger partial charge in [0.05, 0.1) is 10.2 Å². The van der Waals surface area contributed by atoms with Gasteiger partial charge < -0.3 is 15.2 Å². The van der Waals surface area contributed by atoms with Crippen molar-refractivity contribution >= 4 is 33.4 Å². The second-order valence-corrected chi connectivity index (χ2v) is 6.36. The number of piperidine rings is 1. The highest BCUT2D eigenvalue weighted by Gasteiger charge is 2.28. The van der Waals surface area contributed by atoms with Gasteiger partial charge in [-0.3, -0.25) is 9.59 Å². The molecule has 0 radical (unpaired) electrons. The summed E-state index contributed by atoms with van der Waals surface area (Å²) >= 11 is 1.65. The van der Waals surface area contributed by atoms with Crippen LogP contribution in [0.3, 0.4) is 0 Å². The molecule has 1 fully saturated rings. The van der Waals surface area contributed by atoms with Gasteiger partial charge in [-0.05, 0) is 37.3 Å². The van der Waals surface area contributed by atoms with Crippen LogP contribution in [0.15, 0.2) is 17.5 Å². The Morgan fingerprint density at radius 3 is 2.71 bits per heavy atom. The van der Waals surface area contributed by atoms with Crippen LogP contribution in [0.5, 0.6) is 0 Å². The average Bonchev–Trinajstić information content (AvgIpc) is 3.06. The first kappa shape index (κ1) is 14.1. The van der Waals surface area contributed by atoms with E-state index in [1.54, 1.807) is 11.3 Å². The molecule has 3 rings (SSSR count). The van der Waals surface area contributed by atoms with E-state index < -0.39 is 0 Å². The molecule has 2 aromatic rings. The van der Waals surface area contributed by atoms with Crippen molar-refractivity contribution in [3.05, 3.63) is 23.2 Å². The monoisotopic (exact) mass is 305 g/mol. The summed E-state index contributed by atoms with van der Waals surface area (Å²) in [6.45, 7) is 4.04. The number of primary amides is 1. The standard InChI is InChI=1S/C15H19N3O2S/c1-2-18-11-5-8-21-13(11)9-12(18)15(20)17-6-3-10(4-7-17)14(16)19/h5,8-10H,2-4,6-7H2,1H3,(H2,16,19). The van der Waals surface area contributed by atoms with Crippen molar-refractivity contribution in [2.45, 2.75) is 26.3 Å². The molecule has 0 atom stereocenters. The van der Waals surface area contributed by atoms with Gasteiger partial charge in [-0.1, -0.05) is 0 Å². The number of fused-ring (bicyclic) bond motifs is 1. The summed E-state index contributed by atoms with van der Waals surface area (Å²) in [6.07, 6.45) is 1.34. The van der Waals surface area contributed by atoms with E-state index in [0.29, 0.717) is 25.9 Å². The molecule has 0 bridgehead atoms. The Hall–Kier alpha value is -1.82. The lowest BCUT2D eigenvalue weighted by Crippen LogP contribution is -2.42. The van der Waals surface area contributed by atoms with Crippen LogP contribution in [-0.2, 0) is 11.3 Å². The van der Waals surface area contributed by atoms with Crippen molar-refractivity contribution in [1.82, 2.24) is 9.47 Å². The molecule has 3 heterocycles. The van der Waals surface area contributed by atoms with Gasteiger partial charge in [-0.25, -0.2) is 0 Å². The smallest absolute Gasteiger partial charge is 0.270 e. The third kappa shape index (κ3) is 2.44. The van der Waals surface area contributed by atoms with Gasteiger partial charge in [0, 0.05) is 25.6 Å². The molecular weight excluding hydrogens is 286 g/mol. The van der Waals surface area contributed by atoms with Gasteiger partial charge in [-0.2, -0.15) is 0 Å². The lowest BCUT2D eigenvalue weighted by molar-refractivity contribution is -0.123. The van der Waals surface area contributed by atoms with Crippen LogP contribution in [0, 0.1) is 5.92 Å². The lowest BCUT2D eigenvalue weighted by atomic mass is 9.96. The quantitative estimate of drug-likeness (QED) is 0.943. The van der Waals surface area contributed by atoms with Crippen LogP contribution in [0.25, 0.3) is 10.2 Å². The highest BCUT2D eigenvalue weighted by Crippen LogP contribution is 2.27. The maximum atomic E-state index is 12.7. The molecule has 2 N–H and O–H groups in total. The number of hydrogen-bond donors (Lipinski definition) is 1. The van der Waals surface area contributed by atoms with Gasteiger partial charge in [0.25, 0.3) is 5.91 Å². The first-order valence-electron chi connectivity index (χ1n) is 7.27. The third-order valence-electron chi connectivity index (χ3n) is 4.24. The first-order valence-corrected chi connectivity index (χ1v) is 8.15. The highest BCUT2D eigenvalue weighted by atomic mass is 32.1. The zero-order valence-corrected chi connectivity index (χ0v) is 12.9. The van der Waals surface area contributed by atoms with Crippen molar-refractivity contribution in [1.29, 1.82) is 0 Å². The van der Waals surface area contributed by atoms with E-state index >= 15 is 0 Å². The van der Waals surface area contributed by atoms with Gasteiger partial charge in [0.15, 0.2) is 0 Å². The van der Waals surface area contributed by atoms with E-state index in [1.165, 1.54) is 0 Å². The van der Waals surface area contributed by atoms with E-state index in [4.69, 9.17) is 5.73 Å². The fourth-order valence-electron chi connectivity index (χ4n) is 3.02. The second kappa shape index (κ2) is 5.52. The number of aromatic nitrogens is 1. The predicted molar refractivity (Wildman–Crippen MR) is 83.3 cm³/mol. The number of likely N-dealkylation sites (tertiary alicyclic amines) is 1. The van der Waals surface area contributed by atoms with Crippen molar-refractivity contribution in [3.63, 3.8) is 0 Å². The molecule has 0 spiro atoms. The highest BCUT2D eigenvalue weighted by molar-refractivity contribution is 7.17. The van der Waals surface area contributed by atoms with Crippen LogP contribution in [0.2, 0.25) is 0 Å². The van der Waals surface area contributed by atoms with Crippen molar-refractivity contribution in [2.75, 3.05) is 13.1 Å². The van der Waals surface area contributed by atoms with Crippen LogP contribution < -0.4 is 5.73 Å². The minimum absolute atomic E-state index is 0.0585. The summed E-state index contributed by atoms with van der Waals surface area (Å²) in [5.41, 5.74) is 7.21. The molecule has 2 aromatic heterocycles. The molecule has 1 aliphatic heterocycles. The molecular formula is C15H19N3O2S. The fourth-order valence-corrected chi connectivity index (χ4v) is 3.85. The Bertz CT molecular complexity index is 680. The Kier molecular flexibility index (Phi) is 3.71. The molecule has 0 saturated carbocycles. The Labute approximate surface area is 127 Å². The number of carbonyl (C=O) groups excluding carboxylic acids is 2. The number of amides is 2. The second-order valence-electron chi connectivity index (χ2n) is 5.41. The molecule has 0 aromatic carbocycles. The van der Waals surface area contributed by atoms with Crippen LogP contribution in [-0.4, -0.2) is 34.4 Å². The number of aryl methyl sites for hydroxylation is 1. The van der Waals surface area contributed by atoms with E-state index in [-0.39, 0.29) is 17.7 Å². The number of carbonyl (C=O) groups is 2. The van der Waals surface area contributed by atoms with Crippen molar-refractivity contribution in [3.8, 4) is 0 Å². The molecule has 1 aliphatic rings. The number of rotatable bonds is 3. The van der Waals surface area contributed by atoms with Crippen molar-refractivity contribution in [2.24, 2.45) is 11.7 Å². The summed E-state index contributed by atoms with van der Waals surface area (Å²) in [5, 5.41) is 2.05. The van der Waals surface area contributed by atoms with Gasteiger partial charge in [0.2, 0.25) is 5.91 Å². The normalized spacial score (nSPS) is 16.5. The average molecular weight is 305 g/mol. The SMILES string of the molecule is CCn1c(C(=O)N2CCC(C(N)=O)CC2)cc2sccc21. The summed E-state index contributed by atoms with van der Waals surface area (Å²) < 4.78 is 3.21. The summed E-state index contributed by atoms with van der Waals surface area (Å²) in [5.74, 6) is -0.279. The summed E-state index contributed by atoms with van der Waals surface area (Å²) in [7, 11) is 0. The first-order chi connectivity index (χ1) is 10.1. The zero-order valence-electron chi connectivity index (χ0n) is 12.0. The van der Waals surface area contributed by atoms with Gasteiger partial charge in [0.1, 0.15) is 5.69 Å². The van der Waals surface area contributed by atoms with Crippen LogP contribution in [0.4, 0.5) is 0 Å². The number of hydrogen-bond acceptors (Lipinski definition) is 3. The number of nitrogens with two attached hydrogens (primary N) is 1. The van der Waals surface area contributed by atoms with E-state index in [9.17, 15) is 9.59 Å². The Morgan fingerprint density at radius 1 is 1.38 bits per heavy atom. The predicted octanol–water partition coefficient (Wildman–Crippen LogP) is 2.06. The molecule has 6 heteroatoms. The Balaban J connectivity index is 1.81. The molecule has 1 saturated heterocycles. The minimum atomic E-state index is -0.250. The zero-order chi connectivity index (χ0) is 15.0. The summed E-state index contributed by atoms with van der Waals surface area (Å²) in [4.78, 5) is 25.8. The topological polar surface area (TPSA) is 68.3 Å². The maximum Gasteiger partial charge on any atom is 0.270 e. The minimum Gasteiger partial charge on any atom is -0.369 e. The van der Waals surface area contributed by atoms with E-state index in [2.05, 4.69) is 10.6 Å². The third-order valence-corrected chi connectivity index (χ3v) is 5.10. The lowest BCUT2D eigenvalue weighted by Gasteiger charge is -2.30. The number of thiophene rings is 1. The molecule has 21 heavy (non-hydrogen) atoms. The molecule has 112 valence electrons.